The lowest BCUT2D eigenvalue weighted by Gasteiger charge is -2.29. The number of hydrogen-bond acceptors (Lipinski definition) is 2. The van der Waals surface area contributed by atoms with Crippen LogP contribution in [0, 0.1) is 5.92 Å². The van der Waals surface area contributed by atoms with Crippen molar-refractivity contribution in [2.45, 2.75) is 64.5 Å². The molecule has 2 nitrogen and oxygen atoms in total. The first kappa shape index (κ1) is 13.0. The van der Waals surface area contributed by atoms with Crippen LogP contribution < -0.4 is 5.32 Å². The van der Waals surface area contributed by atoms with E-state index in [1.54, 1.807) is 0 Å². The van der Waals surface area contributed by atoms with Crippen LogP contribution in [0.15, 0.2) is 0 Å². The topological polar surface area (TPSA) is 21.3 Å². The highest BCUT2D eigenvalue weighted by Crippen LogP contribution is 2.21. The van der Waals surface area contributed by atoms with E-state index in [4.69, 9.17) is 4.74 Å². The normalized spacial score (nSPS) is 29.0. The molecule has 1 saturated carbocycles. The third kappa shape index (κ3) is 4.98. The molecule has 0 amide bonds. The second kappa shape index (κ2) is 7.24. The third-order valence-electron chi connectivity index (χ3n) is 3.48. The molecule has 90 valence electrons. The van der Waals surface area contributed by atoms with Gasteiger partial charge in [-0.15, -0.1) is 0 Å². The average molecular weight is 213 g/mol. The van der Waals surface area contributed by atoms with E-state index in [0.29, 0.717) is 6.10 Å². The molecule has 1 fully saturated rings. The lowest BCUT2D eigenvalue weighted by molar-refractivity contribution is 0.00491. The minimum atomic E-state index is 0.536. The number of nitrogens with one attached hydrogen (secondary N) is 1. The Morgan fingerprint density at radius 1 is 1.27 bits per heavy atom. The number of rotatable bonds is 6. The summed E-state index contributed by atoms with van der Waals surface area (Å²) < 4.78 is 5.96. The van der Waals surface area contributed by atoms with Crippen LogP contribution in [0.4, 0.5) is 0 Å². The molecular weight excluding hydrogens is 186 g/mol. The van der Waals surface area contributed by atoms with E-state index in [2.05, 4.69) is 26.2 Å². The van der Waals surface area contributed by atoms with Gasteiger partial charge >= 0.3 is 0 Å². The summed E-state index contributed by atoms with van der Waals surface area (Å²) in [5, 5.41) is 3.35. The summed E-state index contributed by atoms with van der Waals surface area (Å²) in [4.78, 5) is 0. The molecule has 15 heavy (non-hydrogen) atoms. The molecule has 1 atom stereocenters. The summed E-state index contributed by atoms with van der Waals surface area (Å²) in [5.74, 6) is 0.733. The Labute approximate surface area is 94.8 Å². The Balaban J connectivity index is 2.08. The second-order valence-electron chi connectivity index (χ2n) is 4.99. The van der Waals surface area contributed by atoms with E-state index < -0.39 is 0 Å². The summed E-state index contributed by atoms with van der Waals surface area (Å²) in [6, 6.07) is 0.734. The van der Waals surface area contributed by atoms with Crippen LogP contribution in [0.2, 0.25) is 0 Å². The molecule has 0 aromatic rings. The highest BCUT2D eigenvalue weighted by molar-refractivity contribution is 4.76. The van der Waals surface area contributed by atoms with Gasteiger partial charge in [-0.05, 0) is 45.1 Å². The van der Waals surface area contributed by atoms with Gasteiger partial charge in [-0.2, -0.15) is 0 Å². The molecule has 0 aromatic heterocycles. The van der Waals surface area contributed by atoms with Crippen molar-refractivity contribution in [3.63, 3.8) is 0 Å². The van der Waals surface area contributed by atoms with Gasteiger partial charge in [-0.3, -0.25) is 0 Å². The largest absolute Gasteiger partial charge is 0.378 e. The predicted molar refractivity (Wildman–Crippen MR) is 65.1 cm³/mol. The molecule has 0 spiro atoms. The van der Waals surface area contributed by atoms with E-state index >= 15 is 0 Å². The van der Waals surface area contributed by atoms with Crippen LogP contribution in [0.5, 0.6) is 0 Å². The minimum Gasteiger partial charge on any atom is -0.378 e. The van der Waals surface area contributed by atoms with Gasteiger partial charge in [0, 0.05) is 12.6 Å². The van der Waals surface area contributed by atoms with Gasteiger partial charge in [-0.1, -0.05) is 20.3 Å². The van der Waals surface area contributed by atoms with Gasteiger partial charge < -0.3 is 10.1 Å². The Morgan fingerprint density at radius 2 is 1.93 bits per heavy atom. The maximum Gasteiger partial charge on any atom is 0.0576 e. The van der Waals surface area contributed by atoms with Crippen LogP contribution in [-0.4, -0.2) is 25.8 Å². The van der Waals surface area contributed by atoms with Gasteiger partial charge in [0.2, 0.25) is 0 Å². The van der Waals surface area contributed by atoms with Crippen molar-refractivity contribution in [2.75, 3.05) is 13.7 Å². The smallest absolute Gasteiger partial charge is 0.0576 e. The van der Waals surface area contributed by atoms with E-state index in [-0.39, 0.29) is 0 Å². The van der Waals surface area contributed by atoms with Crippen LogP contribution in [0.25, 0.3) is 0 Å². The fourth-order valence-corrected chi connectivity index (χ4v) is 2.39. The minimum absolute atomic E-state index is 0.536. The Bertz CT molecular complexity index is 153. The lowest BCUT2D eigenvalue weighted by atomic mass is 9.93. The first-order chi connectivity index (χ1) is 7.26. The quantitative estimate of drug-likeness (QED) is 0.732. The first-order valence-electron chi connectivity index (χ1n) is 6.55. The molecule has 1 unspecified atom stereocenters. The maximum absolute atomic E-state index is 5.96. The Kier molecular flexibility index (Phi) is 6.26. The second-order valence-corrected chi connectivity index (χ2v) is 4.99. The Hall–Kier alpha value is -0.0800. The summed E-state index contributed by atoms with van der Waals surface area (Å²) in [6.07, 6.45) is 8.15. The fraction of sp³-hybridized carbons (Fsp3) is 1.00. The van der Waals surface area contributed by atoms with Crippen molar-refractivity contribution in [3.8, 4) is 0 Å². The summed E-state index contributed by atoms with van der Waals surface area (Å²) >= 11 is 0. The maximum atomic E-state index is 5.96. The van der Waals surface area contributed by atoms with Crippen molar-refractivity contribution in [2.24, 2.45) is 5.92 Å². The van der Waals surface area contributed by atoms with E-state index in [9.17, 15) is 0 Å². The lowest BCUT2D eigenvalue weighted by Crippen LogP contribution is -2.33. The van der Waals surface area contributed by atoms with Gasteiger partial charge in [0.05, 0.1) is 6.10 Å². The molecule has 1 aliphatic rings. The van der Waals surface area contributed by atoms with E-state index in [1.807, 2.05) is 0 Å². The molecule has 0 bridgehead atoms. The van der Waals surface area contributed by atoms with Crippen LogP contribution in [0.3, 0.4) is 0 Å². The SMILES string of the molecule is CCCC(C)COC1CCC(NC)CC1. The molecule has 1 rings (SSSR count). The number of hydrogen-bond donors (Lipinski definition) is 1. The summed E-state index contributed by atoms with van der Waals surface area (Å²) in [5.41, 5.74) is 0. The molecule has 0 radical (unpaired) electrons. The van der Waals surface area contributed by atoms with Crippen LogP contribution >= 0.6 is 0 Å². The van der Waals surface area contributed by atoms with Gasteiger partial charge in [-0.25, -0.2) is 0 Å². The molecule has 0 aromatic carbocycles. The zero-order valence-corrected chi connectivity index (χ0v) is 10.6. The van der Waals surface area contributed by atoms with Crippen LogP contribution in [-0.2, 0) is 4.74 Å². The molecule has 0 saturated heterocycles. The van der Waals surface area contributed by atoms with Crippen molar-refractivity contribution < 1.29 is 4.74 Å². The van der Waals surface area contributed by atoms with Gasteiger partial charge in [0.25, 0.3) is 0 Å². The number of ether oxygens (including phenoxy) is 1. The van der Waals surface area contributed by atoms with Crippen molar-refractivity contribution in [1.29, 1.82) is 0 Å². The van der Waals surface area contributed by atoms with Crippen molar-refractivity contribution >= 4 is 0 Å². The highest BCUT2D eigenvalue weighted by atomic mass is 16.5. The fourth-order valence-electron chi connectivity index (χ4n) is 2.39. The van der Waals surface area contributed by atoms with Crippen molar-refractivity contribution in [3.05, 3.63) is 0 Å². The summed E-state index contributed by atoms with van der Waals surface area (Å²) in [6.45, 7) is 5.50. The van der Waals surface area contributed by atoms with E-state index in [1.165, 1.54) is 38.5 Å². The van der Waals surface area contributed by atoms with Crippen LogP contribution in [0.1, 0.15) is 52.4 Å². The van der Waals surface area contributed by atoms with Gasteiger partial charge in [0.15, 0.2) is 0 Å². The molecule has 0 aliphatic heterocycles. The highest BCUT2D eigenvalue weighted by Gasteiger charge is 2.20. The predicted octanol–water partition coefficient (Wildman–Crippen LogP) is 2.97. The van der Waals surface area contributed by atoms with Gasteiger partial charge in [0.1, 0.15) is 0 Å². The first-order valence-corrected chi connectivity index (χ1v) is 6.55. The monoisotopic (exact) mass is 213 g/mol. The van der Waals surface area contributed by atoms with E-state index in [0.717, 1.165) is 18.6 Å². The zero-order valence-electron chi connectivity index (χ0n) is 10.6. The Morgan fingerprint density at radius 3 is 2.47 bits per heavy atom. The summed E-state index contributed by atoms with van der Waals surface area (Å²) in [7, 11) is 2.06. The molecular formula is C13H27NO. The molecule has 1 N–H and O–H groups in total. The standard InChI is InChI=1S/C13H27NO/c1-4-5-11(2)10-15-13-8-6-12(14-3)7-9-13/h11-14H,4-10H2,1-3H3. The third-order valence-corrected chi connectivity index (χ3v) is 3.48. The molecule has 1 aliphatic carbocycles. The van der Waals surface area contributed by atoms with Crippen molar-refractivity contribution in [1.82, 2.24) is 5.32 Å². The molecule has 2 heteroatoms. The molecule has 0 heterocycles. The zero-order chi connectivity index (χ0) is 11.1. The average Bonchev–Trinajstić information content (AvgIpc) is 2.27.